The first kappa shape index (κ1) is 13.4. The molecule has 1 heterocycles. The summed E-state index contributed by atoms with van der Waals surface area (Å²) in [6.07, 6.45) is 2.25. The topological polar surface area (TPSA) is 63.1 Å². The number of quaternary nitrogens is 1. The Morgan fingerprint density at radius 1 is 1.55 bits per heavy atom. The Bertz CT molecular complexity index is 543. The number of carboxylic acid groups (broad SMARTS) is 1. The van der Waals surface area contributed by atoms with Gasteiger partial charge in [-0.25, -0.2) is 0 Å². The van der Waals surface area contributed by atoms with E-state index in [0.717, 1.165) is 25.1 Å². The quantitative estimate of drug-likeness (QED) is 0.863. The van der Waals surface area contributed by atoms with Crippen LogP contribution >= 0.6 is 0 Å². The fourth-order valence-corrected chi connectivity index (χ4v) is 4.19. The second kappa shape index (κ2) is 4.77. The number of ether oxygens (including phenoxy) is 1. The Balaban J connectivity index is 2.08. The summed E-state index contributed by atoms with van der Waals surface area (Å²) < 4.78 is 5.36. The minimum Gasteiger partial charge on any atom is -0.497 e. The number of nitrogens with two attached hydrogens (primary N) is 1. The number of hydrogen-bond acceptors (Lipinski definition) is 2. The molecule has 2 bridgehead atoms. The number of aliphatic carboxylic acids is 1. The van der Waals surface area contributed by atoms with Crippen molar-refractivity contribution in [2.24, 2.45) is 5.92 Å². The van der Waals surface area contributed by atoms with E-state index in [1.807, 2.05) is 6.07 Å². The minimum absolute atomic E-state index is 0.0417. The maximum absolute atomic E-state index is 11.2. The van der Waals surface area contributed by atoms with E-state index in [1.54, 1.807) is 7.11 Å². The number of carboxylic acids is 1. The van der Waals surface area contributed by atoms with Crippen LogP contribution in [0.1, 0.15) is 30.9 Å². The van der Waals surface area contributed by atoms with E-state index in [1.165, 1.54) is 11.1 Å². The highest BCUT2D eigenvalue weighted by molar-refractivity contribution is 5.68. The van der Waals surface area contributed by atoms with Crippen molar-refractivity contribution in [3.05, 3.63) is 29.3 Å². The van der Waals surface area contributed by atoms with E-state index in [-0.39, 0.29) is 17.8 Å². The van der Waals surface area contributed by atoms with Gasteiger partial charge in [-0.1, -0.05) is 13.0 Å². The molecular weight excluding hydrogens is 254 g/mol. The van der Waals surface area contributed by atoms with Crippen LogP contribution in [0.3, 0.4) is 0 Å². The van der Waals surface area contributed by atoms with Crippen molar-refractivity contribution < 1.29 is 20.0 Å². The average molecular weight is 276 g/mol. The highest BCUT2D eigenvalue weighted by atomic mass is 16.5. The third kappa shape index (κ3) is 1.99. The number of piperidine rings is 1. The van der Waals surface area contributed by atoms with Gasteiger partial charge in [-0.05, 0) is 23.3 Å². The zero-order valence-electron chi connectivity index (χ0n) is 12.1. The number of rotatable bonds is 3. The van der Waals surface area contributed by atoms with Crippen LogP contribution in [-0.4, -0.2) is 30.8 Å². The van der Waals surface area contributed by atoms with Gasteiger partial charge in [-0.15, -0.1) is 0 Å². The van der Waals surface area contributed by atoms with E-state index in [0.29, 0.717) is 6.04 Å². The summed E-state index contributed by atoms with van der Waals surface area (Å²) in [5.74, 6) is 0.383. The molecule has 0 amide bonds. The molecule has 0 saturated carbocycles. The smallest absolute Gasteiger partial charge is 0.303 e. The van der Waals surface area contributed by atoms with Gasteiger partial charge in [0.1, 0.15) is 5.75 Å². The van der Waals surface area contributed by atoms with Crippen molar-refractivity contribution in [2.45, 2.75) is 37.6 Å². The number of hydrogen-bond donors (Lipinski definition) is 2. The molecule has 3 atom stereocenters. The monoisotopic (exact) mass is 276 g/mol. The van der Waals surface area contributed by atoms with Crippen LogP contribution in [0.5, 0.6) is 5.75 Å². The summed E-state index contributed by atoms with van der Waals surface area (Å²) in [5.41, 5.74) is 2.61. The summed E-state index contributed by atoms with van der Waals surface area (Å²) >= 11 is 0. The van der Waals surface area contributed by atoms with E-state index >= 15 is 0 Å². The van der Waals surface area contributed by atoms with E-state index < -0.39 is 5.97 Å². The van der Waals surface area contributed by atoms with Crippen molar-refractivity contribution in [1.82, 2.24) is 0 Å². The Morgan fingerprint density at radius 2 is 2.35 bits per heavy atom. The predicted molar refractivity (Wildman–Crippen MR) is 75.0 cm³/mol. The molecule has 1 aromatic rings. The van der Waals surface area contributed by atoms with Gasteiger partial charge in [0.05, 0.1) is 26.1 Å². The summed E-state index contributed by atoms with van der Waals surface area (Å²) in [4.78, 5) is 11.2. The van der Waals surface area contributed by atoms with Gasteiger partial charge in [0.25, 0.3) is 0 Å². The maximum atomic E-state index is 11.2. The molecule has 108 valence electrons. The van der Waals surface area contributed by atoms with E-state index in [2.05, 4.69) is 24.4 Å². The van der Waals surface area contributed by atoms with Crippen molar-refractivity contribution >= 4 is 5.97 Å². The lowest BCUT2D eigenvalue weighted by molar-refractivity contribution is -0.709. The molecule has 0 spiro atoms. The third-order valence-corrected chi connectivity index (χ3v) is 5.25. The lowest BCUT2D eigenvalue weighted by atomic mass is 9.58. The molecule has 3 rings (SSSR count). The minimum atomic E-state index is -0.687. The van der Waals surface area contributed by atoms with E-state index in [9.17, 15) is 9.90 Å². The van der Waals surface area contributed by atoms with Crippen LogP contribution in [0.4, 0.5) is 0 Å². The fraction of sp³-hybridized carbons (Fsp3) is 0.562. The molecule has 1 aromatic carbocycles. The third-order valence-electron chi connectivity index (χ3n) is 5.25. The second-order valence-corrected chi connectivity index (χ2v) is 6.29. The summed E-state index contributed by atoms with van der Waals surface area (Å²) in [5, 5.41) is 11.6. The Labute approximate surface area is 119 Å². The first-order valence-corrected chi connectivity index (χ1v) is 7.27. The molecule has 0 aromatic heterocycles. The predicted octanol–water partition coefficient (Wildman–Crippen LogP) is 0.936. The molecule has 20 heavy (non-hydrogen) atoms. The van der Waals surface area contributed by atoms with E-state index in [4.69, 9.17) is 4.74 Å². The number of carbonyl (C=O) groups is 1. The summed E-state index contributed by atoms with van der Waals surface area (Å²) in [6.45, 7) is 3.31. The largest absolute Gasteiger partial charge is 0.497 e. The molecule has 1 fully saturated rings. The van der Waals surface area contributed by atoms with Crippen molar-refractivity contribution in [1.29, 1.82) is 0 Å². The lowest BCUT2D eigenvalue weighted by Gasteiger charge is -2.49. The van der Waals surface area contributed by atoms with Gasteiger partial charge in [0, 0.05) is 24.2 Å². The fourth-order valence-electron chi connectivity index (χ4n) is 4.19. The Kier molecular flexibility index (Phi) is 3.21. The molecule has 0 radical (unpaired) electrons. The average Bonchev–Trinajstić information content (AvgIpc) is 2.41. The molecule has 1 saturated heterocycles. The van der Waals surface area contributed by atoms with Gasteiger partial charge >= 0.3 is 5.97 Å². The number of benzene rings is 1. The highest BCUT2D eigenvalue weighted by Crippen LogP contribution is 2.46. The van der Waals surface area contributed by atoms with Gasteiger partial charge < -0.3 is 15.2 Å². The van der Waals surface area contributed by atoms with Gasteiger partial charge in [-0.3, -0.25) is 4.79 Å². The standard InChI is InChI=1S/C16H21NO3/c1-16-5-6-17-14(13(16)9-15(18)19)7-10-3-4-11(20-2)8-12(10)16/h3-4,8,13-14,17H,5-7,9H2,1-2H3,(H,18,19)/p+1. The summed E-state index contributed by atoms with van der Waals surface area (Å²) in [6, 6.07) is 6.67. The number of methoxy groups -OCH3 is 1. The molecule has 2 aliphatic rings. The van der Waals surface area contributed by atoms with Crippen molar-refractivity contribution in [2.75, 3.05) is 13.7 Å². The maximum Gasteiger partial charge on any atom is 0.303 e. The zero-order valence-corrected chi connectivity index (χ0v) is 12.1. The molecular formula is C16H22NO3+. The van der Waals surface area contributed by atoms with Crippen LogP contribution in [0.2, 0.25) is 0 Å². The highest BCUT2D eigenvalue weighted by Gasteiger charge is 2.50. The zero-order chi connectivity index (χ0) is 14.3. The normalized spacial score (nSPS) is 31.5. The van der Waals surface area contributed by atoms with Crippen molar-refractivity contribution in [3.8, 4) is 5.75 Å². The molecule has 4 nitrogen and oxygen atoms in total. The molecule has 4 heteroatoms. The Morgan fingerprint density at radius 3 is 3.05 bits per heavy atom. The second-order valence-electron chi connectivity index (χ2n) is 6.29. The van der Waals surface area contributed by atoms with Crippen LogP contribution in [0.25, 0.3) is 0 Å². The number of fused-ring (bicyclic) bond motifs is 4. The first-order chi connectivity index (χ1) is 9.54. The first-order valence-electron chi connectivity index (χ1n) is 7.27. The van der Waals surface area contributed by atoms with Gasteiger partial charge in [0.15, 0.2) is 0 Å². The molecule has 3 N–H and O–H groups in total. The molecule has 1 aliphatic carbocycles. The van der Waals surface area contributed by atoms with Crippen molar-refractivity contribution in [3.63, 3.8) is 0 Å². The Hall–Kier alpha value is -1.55. The molecule has 1 aliphatic heterocycles. The SMILES string of the molecule is COc1ccc2c(c1)C1(C)CC[NH2+]C(C2)C1CC(=O)O. The van der Waals surface area contributed by atoms with Crippen LogP contribution in [-0.2, 0) is 16.6 Å². The van der Waals surface area contributed by atoms with Gasteiger partial charge in [-0.2, -0.15) is 0 Å². The van der Waals surface area contributed by atoms with Crippen LogP contribution in [0.15, 0.2) is 18.2 Å². The lowest BCUT2D eigenvalue weighted by Crippen LogP contribution is -2.96. The van der Waals surface area contributed by atoms with Gasteiger partial charge in [0.2, 0.25) is 0 Å². The van der Waals surface area contributed by atoms with Crippen LogP contribution in [0, 0.1) is 5.92 Å². The van der Waals surface area contributed by atoms with Crippen LogP contribution < -0.4 is 10.1 Å². The summed E-state index contributed by atoms with van der Waals surface area (Å²) in [7, 11) is 1.68. The molecule has 3 unspecified atom stereocenters.